The maximum Gasteiger partial charge on any atom is 0.209 e. The molecule has 3 aromatic rings. The summed E-state index contributed by atoms with van der Waals surface area (Å²) < 4.78 is 6.25. The van der Waals surface area contributed by atoms with E-state index in [0.29, 0.717) is 17.5 Å². The fourth-order valence-corrected chi connectivity index (χ4v) is 6.71. The van der Waals surface area contributed by atoms with Crippen LogP contribution in [0.5, 0.6) is 5.75 Å². The fourth-order valence-electron chi connectivity index (χ4n) is 4.23. The van der Waals surface area contributed by atoms with Crippen molar-refractivity contribution in [3.63, 3.8) is 0 Å². The second-order valence-corrected chi connectivity index (χ2v) is 10.9. The minimum atomic E-state index is -0.0717. The topological polar surface area (TPSA) is 96.4 Å². The van der Waals surface area contributed by atoms with Crippen molar-refractivity contribution in [3.05, 3.63) is 53.1 Å². The Labute approximate surface area is 201 Å². The molecule has 1 spiro atoms. The Morgan fingerprint density at radius 1 is 1.21 bits per heavy atom. The van der Waals surface area contributed by atoms with Gasteiger partial charge in [0.05, 0.1) is 23.7 Å². The number of nitriles is 1. The van der Waals surface area contributed by atoms with Gasteiger partial charge in [-0.15, -0.1) is 23.1 Å². The number of likely N-dealkylation sites (tertiary alicyclic amines) is 1. The van der Waals surface area contributed by atoms with E-state index >= 15 is 0 Å². The van der Waals surface area contributed by atoms with E-state index in [0.717, 1.165) is 48.0 Å². The number of methoxy groups -OCH3 is 1. The number of Topliss-reactive ketones (excluding diaryl/α,β-unsaturated/α-hetero) is 1. The number of nitrogens with two attached hydrogens (primary N) is 1. The summed E-state index contributed by atoms with van der Waals surface area (Å²) in [5.74, 6) is 1.00. The fraction of sp³-hybridized carbons (Fsp3) is 0.320. The Morgan fingerprint density at radius 3 is 2.64 bits per heavy atom. The molecular formula is C25H25N3O3S2. The van der Waals surface area contributed by atoms with Gasteiger partial charge >= 0.3 is 0 Å². The number of thioether (sulfide) groups is 1. The summed E-state index contributed by atoms with van der Waals surface area (Å²) in [7, 11) is 1.67. The summed E-state index contributed by atoms with van der Waals surface area (Å²) in [6.45, 7) is 3.48. The van der Waals surface area contributed by atoms with E-state index in [1.54, 1.807) is 47.2 Å². The number of hydrogen-bond acceptors (Lipinski definition) is 7. The molecule has 1 saturated heterocycles. The number of anilines is 1. The van der Waals surface area contributed by atoms with Crippen molar-refractivity contribution in [1.82, 2.24) is 4.90 Å². The number of nitrogen functional groups attached to an aromatic ring is 1. The molecule has 2 N–H and O–H groups in total. The molecule has 2 aliphatic heterocycles. The van der Waals surface area contributed by atoms with Crippen molar-refractivity contribution < 1.29 is 14.3 Å². The summed E-state index contributed by atoms with van der Waals surface area (Å²) in [5, 5.41) is 11.0. The molecule has 0 atom stereocenters. The average molecular weight is 480 g/mol. The van der Waals surface area contributed by atoms with E-state index in [1.165, 1.54) is 15.6 Å². The predicted octanol–water partition coefficient (Wildman–Crippen LogP) is 5.03. The van der Waals surface area contributed by atoms with Crippen molar-refractivity contribution in [2.45, 2.75) is 35.8 Å². The highest BCUT2D eigenvalue weighted by Gasteiger charge is 2.41. The molecular weight excluding hydrogens is 454 g/mol. The zero-order valence-electron chi connectivity index (χ0n) is 18.6. The van der Waals surface area contributed by atoms with Crippen LogP contribution in [0.25, 0.3) is 10.1 Å². The van der Waals surface area contributed by atoms with Crippen LogP contribution in [0.3, 0.4) is 0 Å². The van der Waals surface area contributed by atoms with Crippen LogP contribution in [-0.4, -0.2) is 42.0 Å². The SMILES string of the molecule is COc1ccc2c(C)c(N)sc2c1.N#Cc1ccc2c(c1)C(=O)CC1(CCN(C=O)CC1)S2. The van der Waals surface area contributed by atoms with Gasteiger partial charge in [0.2, 0.25) is 6.41 Å². The first-order valence-corrected chi connectivity index (χ1v) is 12.3. The molecule has 1 amide bonds. The lowest BCUT2D eigenvalue weighted by atomic mass is 9.88. The van der Waals surface area contributed by atoms with E-state index < -0.39 is 0 Å². The van der Waals surface area contributed by atoms with Gasteiger partial charge in [-0.25, -0.2) is 0 Å². The molecule has 6 nitrogen and oxygen atoms in total. The zero-order valence-corrected chi connectivity index (χ0v) is 20.2. The molecule has 1 aromatic heterocycles. The third-order valence-corrected chi connectivity index (χ3v) is 8.90. The first kappa shape index (κ1) is 23.1. The Bertz CT molecular complexity index is 1250. The number of ether oxygens (including phenoxy) is 1. The smallest absolute Gasteiger partial charge is 0.209 e. The summed E-state index contributed by atoms with van der Waals surface area (Å²) in [6, 6.07) is 13.4. The molecule has 0 radical (unpaired) electrons. The lowest BCUT2D eigenvalue weighted by molar-refractivity contribution is -0.119. The van der Waals surface area contributed by atoms with Gasteiger partial charge in [-0.3, -0.25) is 9.59 Å². The minimum absolute atomic E-state index is 0.0717. The van der Waals surface area contributed by atoms with Crippen LogP contribution in [0.15, 0.2) is 41.3 Å². The molecule has 5 rings (SSSR count). The van der Waals surface area contributed by atoms with Gasteiger partial charge in [0, 0.05) is 39.4 Å². The third kappa shape index (κ3) is 4.70. The quantitative estimate of drug-likeness (QED) is 0.518. The number of rotatable bonds is 2. The van der Waals surface area contributed by atoms with Crippen molar-refractivity contribution in [2.24, 2.45) is 0 Å². The number of hydrogen-bond donors (Lipinski definition) is 1. The van der Waals surface area contributed by atoms with Gasteiger partial charge in [-0.1, -0.05) is 0 Å². The van der Waals surface area contributed by atoms with E-state index in [2.05, 4.69) is 12.1 Å². The highest BCUT2D eigenvalue weighted by molar-refractivity contribution is 8.01. The van der Waals surface area contributed by atoms with Crippen LogP contribution in [0.1, 0.15) is 40.7 Å². The summed E-state index contributed by atoms with van der Waals surface area (Å²) in [6.07, 6.45) is 3.09. The third-order valence-electron chi connectivity index (χ3n) is 6.26. The molecule has 8 heteroatoms. The summed E-state index contributed by atoms with van der Waals surface area (Å²) in [5.41, 5.74) is 8.20. The van der Waals surface area contributed by atoms with Crippen LogP contribution in [-0.2, 0) is 4.79 Å². The van der Waals surface area contributed by atoms with Crippen LogP contribution in [0, 0.1) is 18.3 Å². The molecule has 0 aliphatic carbocycles. The van der Waals surface area contributed by atoms with E-state index in [4.69, 9.17) is 15.7 Å². The highest BCUT2D eigenvalue weighted by atomic mass is 32.2. The largest absolute Gasteiger partial charge is 0.497 e. The zero-order chi connectivity index (χ0) is 23.6. The van der Waals surface area contributed by atoms with Crippen molar-refractivity contribution in [2.75, 3.05) is 25.9 Å². The normalized spacial score (nSPS) is 16.5. The number of fused-ring (bicyclic) bond motifs is 2. The van der Waals surface area contributed by atoms with Crippen LogP contribution < -0.4 is 10.5 Å². The number of carbonyl (C=O) groups excluding carboxylic acids is 2. The van der Waals surface area contributed by atoms with Gasteiger partial charge < -0.3 is 15.4 Å². The first-order valence-electron chi connectivity index (χ1n) is 10.7. The van der Waals surface area contributed by atoms with E-state index in [9.17, 15) is 9.59 Å². The van der Waals surface area contributed by atoms with Gasteiger partial charge in [0.1, 0.15) is 5.75 Å². The predicted molar refractivity (Wildman–Crippen MR) is 133 cm³/mol. The monoisotopic (exact) mass is 479 g/mol. The number of thiophene rings is 1. The van der Waals surface area contributed by atoms with Crippen LogP contribution in [0.4, 0.5) is 5.00 Å². The number of carbonyl (C=O) groups is 2. The van der Waals surface area contributed by atoms with Gasteiger partial charge in [-0.05, 0) is 67.1 Å². The lowest BCUT2D eigenvalue weighted by Gasteiger charge is -2.42. The molecule has 33 heavy (non-hydrogen) atoms. The molecule has 1 fully saturated rings. The van der Waals surface area contributed by atoms with Crippen molar-refractivity contribution in [1.29, 1.82) is 5.26 Å². The molecule has 2 aromatic carbocycles. The minimum Gasteiger partial charge on any atom is -0.497 e. The van der Waals surface area contributed by atoms with E-state index in [-0.39, 0.29) is 10.5 Å². The number of nitrogens with zero attached hydrogens (tertiary/aromatic N) is 2. The number of ketones is 1. The molecule has 0 saturated carbocycles. The molecule has 3 heterocycles. The number of piperidine rings is 1. The van der Waals surface area contributed by atoms with Crippen molar-refractivity contribution in [3.8, 4) is 11.8 Å². The molecule has 2 aliphatic rings. The van der Waals surface area contributed by atoms with E-state index in [1.807, 2.05) is 25.1 Å². The number of benzene rings is 2. The van der Waals surface area contributed by atoms with Crippen LogP contribution in [0.2, 0.25) is 0 Å². The average Bonchev–Trinajstić information content (AvgIpc) is 3.12. The maximum atomic E-state index is 12.4. The first-order chi connectivity index (χ1) is 15.9. The summed E-state index contributed by atoms with van der Waals surface area (Å²) in [4.78, 5) is 25.9. The Hall–Kier alpha value is -3.02. The lowest BCUT2D eigenvalue weighted by Crippen LogP contribution is -2.44. The maximum absolute atomic E-state index is 12.4. The Balaban J connectivity index is 0.000000172. The molecule has 0 bridgehead atoms. The Kier molecular flexibility index (Phi) is 6.63. The van der Waals surface area contributed by atoms with Gasteiger partial charge in [0.15, 0.2) is 5.78 Å². The Morgan fingerprint density at radius 2 is 1.97 bits per heavy atom. The molecule has 0 unspecified atom stereocenters. The standard InChI is InChI=1S/C15H14N2O2S.C10H11NOS/c16-9-11-1-2-14-12(7-11)13(19)8-15(20-14)3-5-17(10-18)6-4-15;1-6-8-4-3-7(12-2)5-9(8)13-10(6)11/h1-2,7,10H,3-6,8H2;3-5H,11H2,1-2H3. The van der Waals surface area contributed by atoms with Crippen LogP contribution >= 0.6 is 23.1 Å². The van der Waals surface area contributed by atoms with Crippen molar-refractivity contribution >= 4 is 50.4 Å². The van der Waals surface area contributed by atoms with Gasteiger partial charge in [-0.2, -0.15) is 5.26 Å². The highest BCUT2D eigenvalue weighted by Crippen LogP contribution is 2.48. The second-order valence-electron chi connectivity index (χ2n) is 8.30. The summed E-state index contributed by atoms with van der Waals surface area (Å²) >= 11 is 3.35. The number of amides is 1. The van der Waals surface area contributed by atoms with Gasteiger partial charge in [0.25, 0.3) is 0 Å². The second kappa shape index (κ2) is 9.46. The molecule has 170 valence electrons. The number of aryl methyl sites for hydroxylation is 1.